The van der Waals surface area contributed by atoms with E-state index in [9.17, 15) is 4.39 Å². The average molecular weight is 261 g/mol. The molecule has 0 saturated heterocycles. The van der Waals surface area contributed by atoms with Crippen molar-refractivity contribution in [3.8, 4) is 11.1 Å². The van der Waals surface area contributed by atoms with Crippen molar-refractivity contribution in [2.75, 3.05) is 0 Å². The molecule has 1 aromatic heterocycles. The van der Waals surface area contributed by atoms with Crippen LogP contribution >= 0.6 is 0 Å². The fourth-order valence-corrected chi connectivity index (χ4v) is 2.40. The molecule has 0 aliphatic carbocycles. The van der Waals surface area contributed by atoms with Crippen LogP contribution in [0.5, 0.6) is 0 Å². The molecule has 0 unspecified atom stereocenters. The van der Waals surface area contributed by atoms with E-state index < -0.39 is 0 Å². The van der Waals surface area contributed by atoms with Crippen molar-refractivity contribution >= 4 is 0 Å². The molecule has 1 aromatic carbocycles. The normalized spacial score (nSPS) is 11.0. The van der Waals surface area contributed by atoms with Gasteiger partial charge in [0, 0.05) is 29.9 Å². The van der Waals surface area contributed by atoms with Crippen molar-refractivity contribution in [1.29, 1.82) is 0 Å². The van der Waals surface area contributed by atoms with Crippen molar-refractivity contribution < 1.29 is 4.39 Å². The van der Waals surface area contributed by atoms with Gasteiger partial charge in [-0.15, -0.1) is 0 Å². The number of halogens is 1. The van der Waals surface area contributed by atoms with E-state index >= 15 is 0 Å². The third-order valence-electron chi connectivity index (χ3n) is 3.36. The molecule has 2 rings (SSSR count). The van der Waals surface area contributed by atoms with Gasteiger partial charge in [-0.25, -0.2) is 4.39 Å². The Morgan fingerprint density at radius 3 is 2.63 bits per heavy atom. The molecular formula is C15H20FN3. The molecule has 0 amide bonds. The van der Waals surface area contributed by atoms with Crippen LogP contribution in [0.2, 0.25) is 0 Å². The van der Waals surface area contributed by atoms with E-state index in [0.717, 1.165) is 35.5 Å². The lowest BCUT2D eigenvalue weighted by atomic mass is 10.0. The highest BCUT2D eigenvalue weighted by Crippen LogP contribution is 2.29. The van der Waals surface area contributed by atoms with Gasteiger partial charge < -0.3 is 5.73 Å². The average Bonchev–Trinajstić information content (AvgIpc) is 2.66. The van der Waals surface area contributed by atoms with Crippen LogP contribution in [0.1, 0.15) is 30.3 Å². The first-order valence-electron chi connectivity index (χ1n) is 6.61. The predicted molar refractivity (Wildman–Crippen MR) is 75.3 cm³/mol. The van der Waals surface area contributed by atoms with Gasteiger partial charge >= 0.3 is 0 Å². The Bertz CT molecular complexity index is 587. The molecule has 0 atom stereocenters. The van der Waals surface area contributed by atoms with Crippen LogP contribution < -0.4 is 5.73 Å². The zero-order valence-corrected chi connectivity index (χ0v) is 11.7. The topological polar surface area (TPSA) is 43.8 Å². The smallest absolute Gasteiger partial charge is 0.131 e. The van der Waals surface area contributed by atoms with Gasteiger partial charge in [0.1, 0.15) is 5.82 Å². The summed E-state index contributed by atoms with van der Waals surface area (Å²) in [5.74, 6) is -0.231. The summed E-state index contributed by atoms with van der Waals surface area (Å²) in [5, 5.41) is 4.49. The minimum atomic E-state index is -0.231. The van der Waals surface area contributed by atoms with E-state index in [1.54, 1.807) is 6.07 Å². The Balaban J connectivity index is 2.52. The first-order chi connectivity index (χ1) is 9.08. The van der Waals surface area contributed by atoms with Crippen LogP contribution in [-0.2, 0) is 13.1 Å². The van der Waals surface area contributed by atoms with E-state index in [4.69, 9.17) is 5.73 Å². The molecule has 0 saturated carbocycles. The van der Waals surface area contributed by atoms with Gasteiger partial charge in [-0.3, -0.25) is 4.68 Å². The van der Waals surface area contributed by atoms with Gasteiger partial charge in [0.15, 0.2) is 0 Å². The molecule has 0 spiro atoms. The lowest BCUT2D eigenvalue weighted by Gasteiger charge is -2.07. The Morgan fingerprint density at radius 1 is 1.32 bits per heavy atom. The molecule has 0 aliphatic heterocycles. The van der Waals surface area contributed by atoms with Gasteiger partial charge in [0.05, 0.1) is 5.69 Å². The molecule has 4 heteroatoms. The number of nitrogens with two attached hydrogens (primary N) is 1. The van der Waals surface area contributed by atoms with Crippen molar-refractivity contribution in [3.63, 3.8) is 0 Å². The third-order valence-corrected chi connectivity index (χ3v) is 3.36. The van der Waals surface area contributed by atoms with Crippen LogP contribution in [0.15, 0.2) is 18.2 Å². The van der Waals surface area contributed by atoms with Gasteiger partial charge in [-0.1, -0.05) is 19.1 Å². The molecule has 19 heavy (non-hydrogen) atoms. The molecule has 3 nitrogen and oxygen atoms in total. The number of aryl methyl sites for hydroxylation is 2. The first kappa shape index (κ1) is 13.7. The number of nitrogens with zero attached hydrogens (tertiary/aromatic N) is 2. The molecule has 2 aromatic rings. The molecular weight excluding hydrogens is 241 g/mol. The highest BCUT2D eigenvalue weighted by molar-refractivity contribution is 5.69. The summed E-state index contributed by atoms with van der Waals surface area (Å²) in [7, 11) is 0. The molecule has 0 fully saturated rings. The summed E-state index contributed by atoms with van der Waals surface area (Å²) in [5.41, 5.74) is 9.71. The molecule has 102 valence electrons. The molecule has 0 aliphatic rings. The number of aromatic nitrogens is 2. The number of rotatable bonds is 4. The van der Waals surface area contributed by atoms with Gasteiger partial charge in [0.2, 0.25) is 0 Å². The summed E-state index contributed by atoms with van der Waals surface area (Å²) < 4.78 is 16.1. The maximum atomic E-state index is 14.2. The van der Waals surface area contributed by atoms with Crippen LogP contribution in [0.25, 0.3) is 11.1 Å². The zero-order chi connectivity index (χ0) is 14.0. The summed E-state index contributed by atoms with van der Waals surface area (Å²) in [6.45, 7) is 7.22. The second-order valence-corrected chi connectivity index (χ2v) is 4.79. The third kappa shape index (κ3) is 2.54. The monoisotopic (exact) mass is 261 g/mol. The quantitative estimate of drug-likeness (QED) is 0.918. The Kier molecular flexibility index (Phi) is 4.00. The van der Waals surface area contributed by atoms with Crippen molar-refractivity contribution in [1.82, 2.24) is 9.78 Å². The van der Waals surface area contributed by atoms with E-state index in [2.05, 4.69) is 12.0 Å². The van der Waals surface area contributed by atoms with Crippen LogP contribution in [0.4, 0.5) is 4.39 Å². The van der Waals surface area contributed by atoms with E-state index in [1.165, 1.54) is 6.07 Å². The van der Waals surface area contributed by atoms with Crippen LogP contribution in [0.3, 0.4) is 0 Å². The Hall–Kier alpha value is -1.68. The summed E-state index contributed by atoms with van der Waals surface area (Å²) >= 11 is 0. The molecule has 2 N–H and O–H groups in total. The van der Waals surface area contributed by atoms with Crippen molar-refractivity contribution in [2.45, 2.75) is 40.3 Å². The highest BCUT2D eigenvalue weighted by atomic mass is 19.1. The largest absolute Gasteiger partial charge is 0.326 e. The van der Waals surface area contributed by atoms with Crippen molar-refractivity contribution in [3.05, 3.63) is 41.0 Å². The SMILES string of the molecule is CCCn1nc(C)c(-c2ccc(CN)cc2F)c1C. The fourth-order valence-electron chi connectivity index (χ4n) is 2.40. The highest BCUT2D eigenvalue weighted by Gasteiger charge is 2.16. The predicted octanol–water partition coefficient (Wildman–Crippen LogP) is 3.17. The molecule has 1 heterocycles. The van der Waals surface area contributed by atoms with E-state index in [1.807, 2.05) is 24.6 Å². The lowest BCUT2D eigenvalue weighted by molar-refractivity contribution is 0.583. The minimum Gasteiger partial charge on any atom is -0.326 e. The van der Waals surface area contributed by atoms with Gasteiger partial charge in [-0.2, -0.15) is 5.10 Å². The maximum Gasteiger partial charge on any atom is 0.131 e. The number of benzene rings is 1. The fraction of sp³-hybridized carbons (Fsp3) is 0.400. The molecule has 0 bridgehead atoms. The second-order valence-electron chi connectivity index (χ2n) is 4.79. The zero-order valence-electron chi connectivity index (χ0n) is 11.7. The summed E-state index contributed by atoms with van der Waals surface area (Å²) in [4.78, 5) is 0. The van der Waals surface area contributed by atoms with Gasteiger partial charge in [0.25, 0.3) is 0 Å². The number of hydrogen-bond donors (Lipinski definition) is 1. The first-order valence-corrected chi connectivity index (χ1v) is 6.61. The Morgan fingerprint density at radius 2 is 2.05 bits per heavy atom. The maximum absolute atomic E-state index is 14.2. The standard InChI is InChI=1S/C15H20FN3/c1-4-7-19-11(3)15(10(2)18-19)13-6-5-12(9-17)8-14(13)16/h5-6,8H,4,7,9,17H2,1-3H3. The van der Waals surface area contributed by atoms with E-state index in [0.29, 0.717) is 12.1 Å². The number of hydrogen-bond acceptors (Lipinski definition) is 2. The van der Waals surface area contributed by atoms with Crippen LogP contribution in [0, 0.1) is 19.7 Å². The minimum absolute atomic E-state index is 0.231. The van der Waals surface area contributed by atoms with Crippen LogP contribution in [-0.4, -0.2) is 9.78 Å². The summed E-state index contributed by atoms with van der Waals surface area (Å²) in [6, 6.07) is 5.17. The second kappa shape index (κ2) is 5.53. The van der Waals surface area contributed by atoms with Gasteiger partial charge in [-0.05, 0) is 31.9 Å². The van der Waals surface area contributed by atoms with Crippen molar-refractivity contribution in [2.24, 2.45) is 5.73 Å². The lowest BCUT2D eigenvalue weighted by Crippen LogP contribution is -2.01. The summed E-state index contributed by atoms with van der Waals surface area (Å²) in [6.07, 6.45) is 1.01. The van der Waals surface area contributed by atoms with E-state index in [-0.39, 0.29) is 5.82 Å². The Labute approximate surface area is 113 Å². The molecule has 0 radical (unpaired) electrons.